The summed E-state index contributed by atoms with van der Waals surface area (Å²) in [5, 5.41) is 2.87. The van der Waals surface area contributed by atoms with Crippen molar-refractivity contribution in [3.8, 4) is 0 Å². The number of para-hydroxylation sites is 1. The van der Waals surface area contributed by atoms with Crippen LogP contribution < -0.4 is 10.2 Å². The van der Waals surface area contributed by atoms with E-state index >= 15 is 0 Å². The molecule has 2 amide bonds. The molecule has 2 aromatic carbocycles. The van der Waals surface area contributed by atoms with Gasteiger partial charge in [-0.25, -0.2) is 4.79 Å². The quantitative estimate of drug-likeness (QED) is 0.791. The molecule has 0 aliphatic heterocycles. The number of hydrogen-bond acceptors (Lipinski definition) is 4. The molecule has 0 spiro atoms. The number of carbonyl (C=O) groups is 3. The predicted molar refractivity (Wildman–Crippen MR) is 105 cm³/mol. The fraction of sp³-hybridized carbons (Fsp3) is 0.286. The average molecular weight is 368 g/mol. The number of methoxy groups -OCH3 is 1. The molecule has 27 heavy (non-hydrogen) atoms. The summed E-state index contributed by atoms with van der Waals surface area (Å²) in [5.41, 5.74) is 2.52. The third kappa shape index (κ3) is 5.17. The number of hydrogen-bond donors (Lipinski definition) is 1. The van der Waals surface area contributed by atoms with Crippen LogP contribution >= 0.6 is 0 Å². The van der Waals surface area contributed by atoms with Gasteiger partial charge < -0.3 is 15.0 Å². The van der Waals surface area contributed by atoms with Crippen LogP contribution in [0.25, 0.3) is 0 Å². The average Bonchev–Trinajstić information content (AvgIpc) is 2.65. The van der Waals surface area contributed by atoms with Crippen LogP contribution in [-0.2, 0) is 14.3 Å². The third-order valence-corrected chi connectivity index (χ3v) is 4.12. The SMILES string of the molecule is COC(=O)c1cccc(N(CC(=O)Nc2ccccc2C(C)C)C(C)=O)c1. The molecule has 0 fully saturated rings. The van der Waals surface area contributed by atoms with Crippen molar-refractivity contribution in [3.05, 3.63) is 59.7 Å². The second-order valence-electron chi connectivity index (χ2n) is 6.44. The predicted octanol–water partition coefficient (Wildman–Crippen LogP) is 3.59. The molecule has 2 rings (SSSR count). The van der Waals surface area contributed by atoms with Crippen molar-refractivity contribution in [3.63, 3.8) is 0 Å². The van der Waals surface area contributed by atoms with Gasteiger partial charge in [0.05, 0.1) is 12.7 Å². The molecule has 0 radical (unpaired) electrons. The van der Waals surface area contributed by atoms with Crippen LogP contribution in [0, 0.1) is 0 Å². The zero-order chi connectivity index (χ0) is 20.0. The molecular formula is C21H24N2O4. The van der Waals surface area contributed by atoms with Crippen LogP contribution in [0.4, 0.5) is 11.4 Å². The highest BCUT2D eigenvalue weighted by atomic mass is 16.5. The van der Waals surface area contributed by atoms with Crippen molar-refractivity contribution < 1.29 is 19.1 Å². The lowest BCUT2D eigenvalue weighted by Crippen LogP contribution is -2.37. The topological polar surface area (TPSA) is 75.7 Å². The molecule has 0 heterocycles. The first kappa shape index (κ1) is 20.2. The number of nitrogens with zero attached hydrogens (tertiary/aromatic N) is 1. The van der Waals surface area contributed by atoms with Crippen molar-refractivity contribution in [2.75, 3.05) is 23.9 Å². The van der Waals surface area contributed by atoms with Crippen LogP contribution in [0.15, 0.2) is 48.5 Å². The van der Waals surface area contributed by atoms with E-state index in [-0.39, 0.29) is 24.3 Å². The molecule has 2 aromatic rings. The Bertz CT molecular complexity index is 846. The Labute approximate surface area is 159 Å². The van der Waals surface area contributed by atoms with Gasteiger partial charge in [-0.1, -0.05) is 38.1 Å². The maximum absolute atomic E-state index is 12.6. The van der Waals surface area contributed by atoms with E-state index in [4.69, 9.17) is 4.74 Å². The summed E-state index contributed by atoms with van der Waals surface area (Å²) in [4.78, 5) is 37.7. The van der Waals surface area contributed by atoms with E-state index in [1.54, 1.807) is 18.2 Å². The van der Waals surface area contributed by atoms with E-state index in [0.717, 1.165) is 11.3 Å². The highest BCUT2D eigenvalue weighted by Crippen LogP contribution is 2.24. The molecule has 0 unspecified atom stereocenters. The van der Waals surface area contributed by atoms with E-state index in [2.05, 4.69) is 5.32 Å². The summed E-state index contributed by atoms with van der Waals surface area (Å²) < 4.78 is 4.71. The van der Waals surface area contributed by atoms with Crippen molar-refractivity contribution in [1.82, 2.24) is 0 Å². The Balaban J connectivity index is 2.21. The Hall–Kier alpha value is -3.15. The normalized spacial score (nSPS) is 10.4. The van der Waals surface area contributed by atoms with Gasteiger partial charge >= 0.3 is 5.97 Å². The van der Waals surface area contributed by atoms with Gasteiger partial charge in [-0.3, -0.25) is 9.59 Å². The fourth-order valence-corrected chi connectivity index (χ4v) is 2.75. The largest absolute Gasteiger partial charge is 0.465 e. The number of rotatable bonds is 6. The third-order valence-electron chi connectivity index (χ3n) is 4.12. The number of amides is 2. The monoisotopic (exact) mass is 368 g/mol. The molecule has 142 valence electrons. The summed E-state index contributed by atoms with van der Waals surface area (Å²) in [6.07, 6.45) is 0. The van der Waals surface area contributed by atoms with E-state index in [1.165, 1.54) is 25.0 Å². The van der Waals surface area contributed by atoms with Gasteiger partial charge in [0.2, 0.25) is 11.8 Å². The minimum Gasteiger partial charge on any atom is -0.465 e. The lowest BCUT2D eigenvalue weighted by atomic mass is 10.0. The lowest BCUT2D eigenvalue weighted by molar-refractivity contribution is -0.120. The minimum absolute atomic E-state index is 0.160. The van der Waals surface area contributed by atoms with E-state index < -0.39 is 5.97 Å². The van der Waals surface area contributed by atoms with Crippen LogP contribution in [0.3, 0.4) is 0 Å². The standard InChI is InChI=1S/C21H24N2O4/c1-14(2)18-10-5-6-11-19(18)22-20(25)13-23(15(3)24)17-9-7-8-16(12-17)21(26)27-4/h5-12,14H,13H2,1-4H3,(H,22,25). The number of anilines is 2. The van der Waals surface area contributed by atoms with Gasteiger partial charge in [-0.2, -0.15) is 0 Å². The summed E-state index contributed by atoms with van der Waals surface area (Å²) in [6, 6.07) is 14.0. The number of esters is 1. The van der Waals surface area contributed by atoms with Gasteiger partial charge in [-0.15, -0.1) is 0 Å². The molecule has 0 aromatic heterocycles. The summed E-state index contributed by atoms with van der Waals surface area (Å²) in [5.74, 6) is -0.871. The maximum atomic E-state index is 12.6. The van der Waals surface area contributed by atoms with Gasteiger partial charge in [0.1, 0.15) is 6.54 Å². The number of nitrogens with one attached hydrogen (secondary N) is 1. The molecule has 0 aliphatic carbocycles. The zero-order valence-electron chi connectivity index (χ0n) is 16.0. The molecule has 6 heteroatoms. The van der Waals surface area contributed by atoms with Gasteiger partial charge in [0.25, 0.3) is 0 Å². The van der Waals surface area contributed by atoms with Gasteiger partial charge in [0, 0.05) is 18.3 Å². The van der Waals surface area contributed by atoms with Crippen molar-refractivity contribution in [1.29, 1.82) is 0 Å². The Morgan fingerprint density at radius 1 is 1.07 bits per heavy atom. The summed E-state index contributed by atoms with van der Waals surface area (Å²) in [6.45, 7) is 5.31. The first-order chi connectivity index (χ1) is 12.8. The Morgan fingerprint density at radius 2 is 1.78 bits per heavy atom. The van der Waals surface area contributed by atoms with E-state index in [9.17, 15) is 14.4 Å². The molecule has 0 bridgehead atoms. The molecule has 0 saturated carbocycles. The van der Waals surface area contributed by atoms with Crippen LogP contribution in [-0.4, -0.2) is 31.4 Å². The first-order valence-corrected chi connectivity index (χ1v) is 8.68. The van der Waals surface area contributed by atoms with Crippen molar-refractivity contribution in [2.45, 2.75) is 26.7 Å². The van der Waals surface area contributed by atoms with Crippen molar-refractivity contribution >= 4 is 29.2 Å². The molecule has 6 nitrogen and oxygen atoms in total. The summed E-state index contributed by atoms with van der Waals surface area (Å²) >= 11 is 0. The first-order valence-electron chi connectivity index (χ1n) is 8.68. The smallest absolute Gasteiger partial charge is 0.337 e. The van der Waals surface area contributed by atoms with E-state index in [1.807, 2.05) is 38.1 Å². The number of carbonyl (C=O) groups excluding carboxylic acids is 3. The second-order valence-corrected chi connectivity index (χ2v) is 6.44. The Morgan fingerprint density at radius 3 is 2.41 bits per heavy atom. The number of benzene rings is 2. The fourth-order valence-electron chi connectivity index (χ4n) is 2.75. The number of ether oxygens (including phenoxy) is 1. The van der Waals surface area contributed by atoms with Crippen LogP contribution in [0.5, 0.6) is 0 Å². The lowest BCUT2D eigenvalue weighted by Gasteiger charge is -2.22. The molecule has 0 aliphatic rings. The maximum Gasteiger partial charge on any atom is 0.337 e. The molecule has 0 saturated heterocycles. The highest BCUT2D eigenvalue weighted by molar-refractivity contribution is 6.02. The molecule has 1 N–H and O–H groups in total. The molecular weight excluding hydrogens is 344 g/mol. The highest BCUT2D eigenvalue weighted by Gasteiger charge is 2.18. The molecule has 0 atom stereocenters. The van der Waals surface area contributed by atoms with Gasteiger partial charge in [-0.05, 0) is 35.7 Å². The van der Waals surface area contributed by atoms with E-state index in [0.29, 0.717) is 11.3 Å². The van der Waals surface area contributed by atoms with Crippen LogP contribution in [0.2, 0.25) is 0 Å². The van der Waals surface area contributed by atoms with Crippen LogP contribution in [0.1, 0.15) is 42.6 Å². The summed E-state index contributed by atoms with van der Waals surface area (Å²) in [7, 11) is 1.29. The van der Waals surface area contributed by atoms with Gasteiger partial charge in [0.15, 0.2) is 0 Å². The zero-order valence-corrected chi connectivity index (χ0v) is 16.0. The van der Waals surface area contributed by atoms with Crippen molar-refractivity contribution in [2.24, 2.45) is 0 Å². The Kier molecular flexibility index (Phi) is 6.71. The second kappa shape index (κ2) is 8.98. The minimum atomic E-state index is -0.504.